The third-order valence-electron chi connectivity index (χ3n) is 5.71. The summed E-state index contributed by atoms with van der Waals surface area (Å²) in [5.74, 6) is 0. The van der Waals surface area contributed by atoms with Crippen molar-refractivity contribution in [2.45, 2.75) is 6.92 Å². The number of benzene rings is 2. The summed E-state index contributed by atoms with van der Waals surface area (Å²) in [6.07, 6.45) is 15.2. The van der Waals surface area contributed by atoms with Gasteiger partial charge in [0.1, 0.15) is 14.1 Å². The van der Waals surface area contributed by atoms with E-state index >= 15 is 0 Å². The summed E-state index contributed by atoms with van der Waals surface area (Å²) in [5.41, 5.74) is 9.64. The fourth-order valence-electron chi connectivity index (χ4n) is 3.60. The summed E-state index contributed by atoms with van der Waals surface area (Å²) in [5, 5.41) is 0. The first-order valence-corrected chi connectivity index (χ1v) is 11.3. The number of hydrogen-bond acceptors (Lipinski definition) is 2. The van der Waals surface area contributed by atoms with E-state index in [4.69, 9.17) is 0 Å². The summed E-state index contributed by atoms with van der Waals surface area (Å²) in [6.45, 7) is 2.16. The Morgan fingerprint density at radius 3 is 1.55 bits per heavy atom. The van der Waals surface area contributed by atoms with Crippen LogP contribution >= 0.6 is 0 Å². The van der Waals surface area contributed by atoms with E-state index in [1.165, 1.54) is 44.9 Å². The molecule has 0 unspecified atom stereocenters. The maximum absolute atomic E-state index is 2.28. The molecule has 0 N–H and O–H groups in total. The van der Waals surface area contributed by atoms with E-state index in [-0.39, 0.29) is 0 Å². The van der Waals surface area contributed by atoms with Gasteiger partial charge < -0.3 is 9.80 Å². The highest BCUT2D eigenvalue weighted by atomic mass is 15.1. The molecule has 3 nitrogen and oxygen atoms in total. The molecule has 1 aliphatic carbocycles. The molecule has 0 bridgehead atoms. The molecule has 0 saturated heterocycles. The SMILES string of the molecule is C/C(C=C(c1ccc(N(C)C)cc1)c1ccc(N(C)C)cc1)=C\C=C1C=CC(=[N+](C)C)C=C1. The minimum atomic E-state index is 1.19. The number of allylic oxidation sites excluding steroid dienone is 9. The molecule has 2 aromatic carbocycles. The maximum Gasteiger partial charge on any atom is 0.199 e. The van der Waals surface area contributed by atoms with E-state index in [0.717, 1.165) is 0 Å². The Morgan fingerprint density at radius 1 is 0.697 bits per heavy atom. The van der Waals surface area contributed by atoms with Crippen LogP contribution in [0.15, 0.2) is 102 Å². The first-order chi connectivity index (χ1) is 15.7. The van der Waals surface area contributed by atoms with Crippen molar-refractivity contribution in [3.8, 4) is 0 Å². The van der Waals surface area contributed by atoms with E-state index < -0.39 is 0 Å². The van der Waals surface area contributed by atoms with Gasteiger partial charge in [0.25, 0.3) is 0 Å². The lowest BCUT2D eigenvalue weighted by molar-refractivity contribution is -0.462. The fraction of sp³-hybridized carbons (Fsp3) is 0.233. The van der Waals surface area contributed by atoms with Crippen molar-refractivity contribution in [3.05, 3.63) is 113 Å². The van der Waals surface area contributed by atoms with Crippen LogP contribution < -0.4 is 9.80 Å². The van der Waals surface area contributed by atoms with Gasteiger partial charge in [-0.2, -0.15) is 0 Å². The number of nitrogens with zero attached hydrogens (tertiary/aromatic N) is 3. The van der Waals surface area contributed by atoms with E-state index in [1.807, 2.05) is 0 Å². The van der Waals surface area contributed by atoms with Crippen LogP contribution in [-0.2, 0) is 0 Å². The Morgan fingerprint density at radius 2 is 1.15 bits per heavy atom. The van der Waals surface area contributed by atoms with Gasteiger partial charge in [-0.3, -0.25) is 0 Å². The van der Waals surface area contributed by atoms with Gasteiger partial charge in [-0.15, -0.1) is 0 Å². The minimum Gasteiger partial charge on any atom is -0.378 e. The number of anilines is 2. The molecular formula is C30H36N3+. The highest BCUT2D eigenvalue weighted by Crippen LogP contribution is 2.28. The lowest BCUT2D eigenvalue weighted by Crippen LogP contribution is -2.09. The van der Waals surface area contributed by atoms with Gasteiger partial charge >= 0.3 is 0 Å². The van der Waals surface area contributed by atoms with Gasteiger partial charge in [0.2, 0.25) is 0 Å². The topological polar surface area (TPSA) is 9.49 Å². The molecule has 33 heavy (non-hydrogen) atoms. The average Bonchev–Trinajstić information content (AvgIpc) is 2.81. The molecule has 3 rings (SSSR count). The largest absolute Gasteiger partial charge is 0.378 e. The van der Waals surface area contributed by atoms with Crippen LogP contribution in [0.3, 0.4) is 0 Å². The normalized spacial score (nSPS) is 13.1. The second-order valence-electron chi connectivity index (χ2n) is 9.00. The average molecular weight is 439 g/mol. The Labute approximate surface area is 199 Å². The van der Waals surface area contributed by atoms with Crippen molar-refractivity contribution < 1.29 is 4.58 Å². The summed E-state index contributed by atoms with van der Waals surface area (Å²) in [6, 6.07) is 17.5. The van der Waals surface area contributed by atoms with E-state index in [9.17, 15) is 0 Å². The molecule has 170 valence electrons. The Kier molecular flexibility index (Phi) is 7.89. The Hall–Kier alpha value is -3.59. The predicted molar refractivity (Wildman–Crippen MR) is 146 cm³/mol. The van der Waals surface area contributed by atoms with Crippen LogP contribution in [-0.4, -0.2) is 52.6 Å². The molecule has 0 aromatic heterocycles. The minimum absolute atomic E-state index is 1.19. The monoisotopic (exact) mass is 438 g/mol. The standard InChI is InChI=1S/C30H36N3/c1-23(8-9-24-10-16-27(17-11-24)31(2)3)22-30(25-12-18-28(19-13-25)32(4)5)26-14-20-29(21-15-26)33(6)7/h8-22H,1-7H3/q+1. The van der Waals surface area contributed by atoms with Crippen molar-refractivity contribution in [1.29, 1.82) is 0 Å². The van der Waals surface area contributed by atoms with Crippen LogP contribution in [0.4, 0.5) is 11.4 Å². The second-order valence-corrected chi connectivity index (χ2v) is 9.00. The van der Waals surface area contributed by atoms with Gasteiger partial charge in [0, 0.05) is 51.7 Å². The smallest absolute Gasteiger partial charge is 0.199 e. The van der Waals surface area contributed by atoms with Gasteiger partial charge in [-0.05, 0) is 65.6 Å². The zero-order chi connectivity index (χ0) is 24.0. The zero-order valence-corrected chi connectivity index (χ0v) is 21.0. The highest BCUT2D eigenvalue weighted by Gasteiger charge is 2.08. The molecule has 0 fully saturated rings. The van der Waals surface area contributed by atoms with Crippen LogP contribution in [0.25, 0.3) is 5.57 Å². The third kappa shape index (κ3) is 6.45. The molecule has 1 aliphatic rings. The highest BCUT2D eigenvalue weighted by molar-refractivity contribution is 6.02. The van der Waals surface area contributed by atoms with E-state index in [0.29, 0.717) is 0 Å². The maximum atomic E-state index is 2.28. The summed E-state index contributed by atoms with van der Waals surface area (Å²) in [4.78, 5) is 4.25. The molecule has 0 heterocycles. The van der Waals surface area contributed by atoms with Gasteiger partial charge in [0.15, 0.2) is 5.71 Å². The van der Waals surface area contributed by atoms with Crippen LogP contribution in [0.5, 0.6) is 0 Å². The second kappa shape index (κ2) is 10.8. The van der Waals surface area contributed by atoms with Gasteiger partial charge in [-0.1, -0.05) is 48.1 Å². The zero-order valence-electron chi connectivity index (χ0n) is 21.0. The molecule has 0 atom stereocenters. The lowest BCUT2D eigenvalue weighted by atomic mass is 9.95. The van der Waals surface area contributed by atoms with Crippen LogP contribution in [0.1, 0.15) is 18.1 Å². The molecule has 2 aromatic rings. The van der Waals surface area contributed by atoms with E-state index in [2.05, 4.69) is 155 Å². The number of hydrogen-bond donors (Lipinski definition) is 0. The van der Waals surface area contributed by atoms with Gasteiger partial charge in [0.05, 0.1) is 0 Å². The molecule has 0 spiro atoms. The molecule has 0 saturated carbocycles. The predicted octanol–water partition coefficient (Wildman–Crippen LogP) is 5.96. The third-order valence-corrected chi connectivity index (χ3v) is 5.71. The Balaban J connectivity index is 1.97. The van der Waals surface area contributed by atoms with Crippen LogP contribution in [0, 0.1) is 0 Å². The quantitative estimate of drug-likeness (QED) is 0.406. The molecule has 0 radical (unpaired) electrons. The van der Waals surface area contributed by atoms with Crippen LogP contribution in [0.2, 0.25) is 0 Å². The van der Waals surface area contributed by atoms with Crippen molar-refractivity contribution in [2.75, 3.05) is 52.1 Å². The van der Waals surface area contributed by atoms with Gasteiger partial charge in [-0.25, -0.2) is 4.58 Å². The molecule has 3 heteroatoms. The van der Waals surface area contributed by atoms with Crippen molar-refractivity contribution in [1.82, 2.24) is 0 Å². The molecular weight excluding hydrogens is 402 g/mol. The lowest BCUT2D eigenvalue weighted by Gasteiger charge is -2.16. The molecule has 0 amide bonds. The fourth-order valence-corrected chi connectivity index (χ4v) is 3.60. The van der Waals surface area contributed by atoms with Crippen molar-refractivity contribution in [2.24, 2.45) is 0 Å². The molecule has 0 aliphatic heterocycles. The number of rotatable bonds is 6. The summed E-state index contributed by atoms with van der Waals surface area (Å²) < 4.78 is 2.11. The summed E-state index contributed by atoms with van der Waals surface area (Å²) >= 11 is 0. The van der Waals surface area contributed by atoms with Crippen molar-refractivity contribution >= 4 is 22.7 Å². The first-order valence-electron chi connectivity index (χ1n) is 11.3. The van der Waals surface area contributed by atoms with Crippen molar-refractivity contribution in [3.63, 3.8) is 0 Å². The van der Waals surface area contributed by atoms with E-state index in [1.54, 1.807) is 0 Å². The summed E-state index contributed by atoms with van der Waals surface area (Å²) in [7, 11) is 12.4. The Bertz CT molecular complexity index is 1070. The first kappa shape index (κ1) is 24.1.